The Morgan fingerprint density at radius 1 is 0.889 bits per heavy atom. The third kappa shape index (κ3) is 5.08. The normalized spacial score (nSPS) is 11.1. The molecule has 3 aromatic rings. The van der Waals surface area contributed by atoms with Gasteiger partial charge < -0.3 is 4.74 Å². The molecule has 2 aromatic carbocycles. The van der Waals surface area contributed by atoms with Crippen molar-refractivity contribution in [2.24, 2.45) is 0 Å². The van der Waals surface area contributed by atoms with E-state index in [1.165, 1.54) is 4.31 Å². The van der Waals surface area contributed by atoms with Crippen LogP contribution >= 0.6 is 0 Å². The van der Waals surface area contributed by atoms with Crippen molar-refractivity contribution in [1.29, 1.82) is 0 Å². The Kier molecular flexibility index (Phi) is 6.08. The van der Waals surface area contributed by atoms with Crippen molar-refractivity contribution >= 4 is 15.7 Å². The van der Waals surface area contributed by atoms with Crippen LogP contribution in [-0.2, 0) is 16.6 Å². The van der Waals surface area contributed by atoms with Crippen molar-refractivity contribution in [2.75, 3.05) is 10.1 Å². The summed E-state index contributed by atoms with van der Waals surface area (Å²) in [7, 11) is -3.42. The van der Waals surface area contributed by atoms with E-state index in [0.717, 1.165) is 11.3 Å². The molecular weight excluding hydrogens is 360 g/mol. The minimum atomic E-state index is -3.42. The molecule has 27 heavy (non-hydrogen) atoms. The van der Waals surface area contributed by atoms with Gasteiger partial charge in [-0.1, -0.05) is 25.1 Å². The highest BCUT2D eigenvalue weighted by molar-refractivity contribution is 7.92. The Hall–Kier alpha value is -2.86. The molecule has 0 saturated heterocycles. The van der Waals surface area contributed by atoms with Gasteiger partial charge in [-0.25, -0.2) is 8.42 Å². The SMILES string of the molecule is CCCS(=O)(=O)N(Cc1ccncc1)c1ccc(Oc2ccccc2)cc1. The first kappa shape index (κ1) is 18.9. The zero-order valence-corrected chi connectivity index (χ0v) is 16.0. The maximum Gasteiger partial charge on any atom is 0.235 e. The van der Waals surface area contributed by atoms with Gasteiger partial charge in [0.25, 0.3) is 0 Å². The van der Waals surface area contributed by atoms with E-state index < -0.39 is 10.0 Å². The number of hydrogen-bond donors (Lipinski definition) is 0. The summed E-state index contributed by atoms with van der Waals surface area (Å²) in [6.07, 6.45) is 3.89. The molecule has 5 nitrogen and oxygen atoms in total. The van der Waals surface area contributed by atoms with E-state index in [1.807, 2.05) is 49.4 Å². The van der Waals surface area contributed by atoms with Crippen LogP contribution in [0.1, 0.15) is 18.9 Å². The summed E-state index contributed by atoms with van der Waals surface area (Å²) in [5.74, 6) is 1.49. The summed E-state index contributed by atoms with van der Waals surface area (Å²) in [6, 6.07) is 20.2. The van der Waals surface area contributed by atoms with Gasteiger partial charge in [-0.05, 0) is 60.5 Å². The maximum atomic E-state index is 12.8. The predicted octanol–water partition coefficient (Wildman–Crippen LogP) is 4.62. The van der Waals surface area contributed by atoms with Crippen LogP contribution in [0.3, 0.4) is 0 Å². The van der Waals surface area contributed by atoms with Crippen LogP contribution in [0.2, 0.25) is 0 Å². The summed E-state index contributed by atoms with van der Waals surface area (Å²) in [6.45, 7) is 2.13. The molecule has 0 N–H and O–H groups in total. The molecule has 0 radical (unpaired) electrons. The van der Waals surface area contributed by atoms with Gasteiger partial charge in [-0.2, -0.15) is 0 Å². The number of aromatic nitrogens is 1. The second-order valence-electron chi connectivity index (χ2n) is 6.09. The number of pyridine rings is 1. The molecule has 1 heterocycles. The molecule has 0 atom stereocenters. The number of rotatable bonds is 8. The maximum absolute atomic E-state index is 12.8. The smallest absolute Gasteiger partial charge is 0.235 e. The summed E-state index contributed by atoms with van der Waals surface area (Å²) >= 11 is 0. The summed E-state index contributed by atoms with van der Waals surface area (Å²) in [4.78, 5) is 3.99. The van der Waals surface area contributed by atoms with Crippen molar-refractivity contribution in [2.45, 2.75) is 19.9 Å². The third-order valence-corrected chi connectivity index (χ3v) is 5.91. The van der Waals surface area contributed by atoms with E-state index in [9.17, 15) is 8.42 Å². The molecule has 0 fully saturated rings. The lowest BCUT2D eigenvalue weighted by molar-refractivity contribution is 0.482. The van der Waals surface area contributed by atoms with Crippen LogP contribution in [0.5, 0.6) is 11.5 Å². The van der Waals surface area contributed by atoms with Crippen LogP contribution in [0, 0.1) is 0 Å². The zero-order valence-electron chi connectivity index (χ0n) is 15.2. The summed E-state index contributed by atoms with van der Waals surface area (Å²) in [5.41, 5.74) is 1.50. The number of benzene rings is 2. The monoisotopic (exact) mass is 382 g/mol. The van der Waals surface area contributed by atoms with Gasteiger partial charge >= 0.3 is 0 Å². The van der Waals surface area contributed by atoms with Gasteiger partial charge in [-0.3, -0.25) is 9.29 Å². The number of ether oxygens (including phenoxy) is 1. The van der Waals surface area contributed by atoms with Crippen LogP contribution in [0.25, 0.3) is 0 Å². The molecule has 0 bridgehead atoms. The van der Waals surface area contributed by atoms with Crippen molar-refractivity contribution in [3.8, 4) is 11.5 Å². The Bertz CT molecular complexity index is 944. The van der Waals surface area contributed by atoms with Crippen LogP contribution in [-0.4, -0.2) is 19.2 Å². The molecule has 0 amide bonds. The fourth-order valence-electron chi connectivity index (χ4n) is 2.68. The molecule has 0 saturated carbocycles. The van der Waals surface area contributed by atoms with Crippen molar-refractivity contribution in [3.05, 3.63) is 84.7 Å². The summed E-state index contributed by atoms with van der Waals surface area (Å²) < 4.78 is 32.8. The van der Waals surface area contributed by atoms with Gasteiger partial charge in [-0.15, -0.1) is 0 Å². The van der Waals surface area contributed by atoms with Crippen molar-refractivity contribution < 1.29 is 13.2 Å². The Balaban J connectivity index is 1.85. The molecule has 0 aliphatic heterocycles. The van der Waals surface area contributed by atoms with Gasteiger partial charge in [0.15, 0.2) is 0 Å². The minimum Gasteiger partial charge on any atom is -0.457 e. The highest BCUT2D eigenvalue weighted by Crippen LogP contribution is 2.27. The van der Waals surface area contributed by atoms with Crippen molar-refractivity contribution in [1.82, 2.24) is 4.98 Å². The first-order valence-electron chi connectivity index (χ1n) is 8.81. The van der Waals surface area contributed by atoms with Crippen LogP contribution in [0.15, 0.2) is 79.1 Å². The first-order valence-corrected chi connectivity index (χ1v) is 10.4. The Morgan fingerprint density at radius 2 is 1.52 bits per heavy atom. The second-order valence-corrected chi connectivity index (χ2v) is 8.10. The molecular formula is C21H22N2O3S. The molecule has 0 aliphatic carbocycles. The minimum absolute atomic E-state index is 0.0976. The topological polar surface area (TPSA) is 59.5 Å². The lowest BCUT2D eigenvalue weighted by atomic mass is 10.2. The van der Waals surface area contributed by atoms with E-state index in [-0.39, 0.29) is 12.3 Å². The first-order chi connectivity index (χ1) is 13.1. The van der Waals surface area contributed by atoms with Gasteiger partial charge in [0, 0.05) is 12.4 Å². The van der Waals surface area contributed by atoms with Crippen LogP contribution < -0.4 is 9.04 Å². The Labute approximate surface area is 160 Å². The van der Waals surface area contributed by atoms with E-state index in [1.54, 1.807) is 36.7 Å². The summed E-state index contributed by atoms with van der Waals surface area (Å²) in [5, 5.41) is 0. The molecule has 0 spiro atoms. The van der Waals surface area contributed by atoms with Crippen LogP contribution in [0.4, 0.5) is 5.69 Å². The molecule has 0 aliphatic rings. The molecule has 140 valence electrons. The quantitative estimate of drug-likeness (QED) is 0.570. The molecule has 0 unspecified atom stereocenters. The van der Waals surface area contributed by atoms with E-state index in [4.69, 9.17) is 4.74 Å². The van der Waals surface area contributed by atoms with Crippen molar-refractivity contribution in [3.63, 3.8) is 0 Å². The fraction of sp³-hybridized carbons (Fsp3) is 0.190. The number of hydrogen-bond acceptors (Lipinski definition) is 4. The number of nitrogens with zero attached hydrogens (tertiary/aromatic N) is 2. The highest BCUT2D eigenvalue weighted by atomic mass is 32.2. The van der Waals surface area contributed by atoms with E-state index in [0.29, 0.717) is 17.9 Å². The number of anilines is 1. The fourth-order valence-corrected chi connectivity index (χ4v) is 4.20. The van der Waals surface area contributed by atoms with Gasteiger partial charge in [0.05, 0.1) is 18.0 Å². The number of para-hydroxylation sites is 1. The largest absolute Gasteiger partial charge is 0.457 e. The lowest BCUT2D eigenvalue weighted by Crippen LogP contribution is -2.32. The molecule has 1 aromatic heterocycles. The number of sulfonamides is 1. The molecule has 6 heteroatoms. The average molecular weight is 382 g/mol. The molecule has 3 rings (SSSR count). The second kappa shape index (κ2) is 8.68. The predicted molar refractivity (Wildman–Crippen MR) is 107 cm³/mol. The standard InChI is InChI=1S/C21H22N2O3S/c1-2-16-27(24,25)23(17-18-12-14-22-15-13-18)19-8-10-21(11-9-19)26-20-6-4-3-5-7-20/h3-15H,2,16-17H2,1H3. The van der Waals surface area contributed by atoms with E-state index >= 15 is 0 Å². The van der Waals surface area contributed by atoms with E-state index in [2.05, 4.69) is 4.98 Å². The average Bonchev–Trinajstić information content (AvgIpc) is 2.68. The highest BCUT2D eigenvalue weighted by Gasteiger charge is 2.22. The van der Waals surface area contributed by atoms with Gasteiger partial charge in [0.2, 0.25) is 10.0 Å². The zero-order chi connectivity index (χ0) is 19.1. The van der Waals surface area contributed by atoms with Gasteiger partial charge in [0.1, 0.15) is 11.5 Å². The third-order valence-electron chi connectivity index (χ3n) is 3.98. The lowest BCUT2D eigenvalue weighted by Gasteiger charge is -2.24. The Morgan fingerprint density at radius 3 is 2.15 bits per heavy atom.